The Morgan fingerprint density at radius 1 is 1.47 bits per heavy atom. The van der Waals surface area contributed by atoms with Crippen LogP contribution in [0.3, 0.4) is 0 Å². The molecule has 0 atom stereocenters. The molecule has 17 heavy (non-hydrogen) atoms. The van der Waals surface area contributed by atoms with Crippen molar-refractivity contribution >= 4 is 33.2 Å². The van der Waals surface area contributed by atoms with Crippen LogP contribution in [-0.4, -0.2) is 16.1 Å². The summed E-state index contributed by atoms with van der Waals surface area (Å²) in [6.07, 6.45) is 4.80. The molecule has 0 spiro atoms. The van der Waals surface area contributed by atoms with Gasteiger partial charge in [0, 0.05) is 4.88 Å². The van der Waals surface area contributed by atoms with E-state index in [1.54, 1.807) is 11.3 Å². The van der Waals surface area contributed by atoms with Gasteiger partial charge in [-0.05, 0) is 43.4 Å². The van der Waals surface area contributed by atoms with Gasteiger partial charge in [0.2, 0.25) is 11.2 Å². The highest BCUT2D eigenvalue weighted by Gasteiger charge is 2.22. The van der Waals surface area contributed by atoms with Gasteiger partial charge in [-0.3, -0.25) is 0 Å². The third-order valence-corrected chi connectivity index (χ3v) is 4.40. The van der Waals surface area contributed by atoms with Crippen molar-refractivity contribution in [3.8, 4) is 5.88 Å². The van der Waals surface area contributed by atoms with Crippen molar-refractivity contribution in [2.45, 2.75) is 38.7 Å². The Balaban J connectivity index is 2.04. The topological polar surface area (TPSA) is 35.0 Å². The molecule has 1 saturated carbocycles. The van der Waals surface area contributed by atoms with Crippen LogP contribution in [0.2, 0.25) is 5.28 Å². The van der Waals surface area contributed by atoms with Crippen LogP contribution in [-0.2, 0) is 6.42 Å². The second kappa shape index (κ2) is 4.42. The van der Waals surface area contributed by atoms with E-state index in [1.807, 2.05) is 0 Å². The number of fused-ring (bicyclic) bond motifs is 1. The van der Waals surface area contributed by atoms with Crippen molar-refractivity contribution in [1.82, 2.24) is 9.97 Å². The summed E-state index contributed by atoms with van der Waals surface area (Å²) in [5.41, 5.74) is 0. The molecule has 0 bridgehead atoms. The maximum absolute atomic E-state index is 5.93. The number of nitrogens with zero attached hydrogens (tertiary/aromatic N) is 2. The summed E-state index contributed by atoms with van der Waals surface area (Å²) >= 11 is 7.59. The molecule has 3 rings (SSSR count). The van der Waals surface area contributed by atoms with Crippen molar-refractivity contribution in [3.05, 3.63) is 16.2 Å². The minimum Gasteiger partial charge on any atom is -0.474 e. The minimum atomic E-state index is 0.274. The standard InChI is InChI=1S/C12H13ClN2OS/c1-2-8-6-9-10(16-7-4-3-5-7)14-12(13)15-11(9)17-8/h6-7H,2-5H2,1H3. The van der Waals surface area contributed by atoms with Gasteiger partial charge in [-0.1, -0.05) is 6.92 Å². The molecule has 2 aromatic heterocycles. The predicted octanol–water partition coefficient (Wildman–Crippen LogP) is 3.84. The zero-order valence-electron chi connectivity index (χ0n) is 9.57. The lowest BCUT2D eigenvalue weighted by molar-refractivity contribution is 0.116. The molecule has 0 saturated heterocycles. The Labute approximate surface area is 109 Å². The van der Waals surface area contributed by atoms with Gasteiger partial charge in [0.05, 0.1) is 5.39 Å². The minimum absolute atomic E-state index is 0.274. The van der Waals surface area contributed by atoms with E-state index >= 15 is 0 Å². The molecule has 90 valence electrons. The predicted molar refractivity (Wildman–Crippen MR) is 70.1 cm³/mol. The summed E-state index contributed by atoms with van der Waals surface area (Å²) in [6, 6.07) is 2.12. The van der Waals surface area contributed by atoms with Crippen LogP contribution in [0.4, 0.5) is 0 Å². The maximum Gasteiger partial charge on any atom is 0.227 e. The lowest BCUT2D eigenvalue weighted by atomic mass is 9.96. The largest absolute Gasteiger partial charge is 0.474 e. The highest BCUT2D eigenvalue weighted by atomic mass is 35.5. The summed E-state index contributed by atoms with van der Waals surface area (Å²) in [4.78, 5) is 10.7. The molecule has 2 heterocycles. The monoisotopic (exact) mass is 268 g/mol. The fourth-order valence-electron chi connectivity index (χ4n) is 1.83. The SMILES string of the molecule is CCc1cc2c(OC3CCC3)nc(Cl)nc2s1. The van der Waals surface area contributed by atoms with E-state index in [0.29, 0.717) is 12.0 Å². The summed E-state index contributed by atoms with van der Waals surface area (Å²) in [5.74, 6) is 0.653. The van der Waals surface area contributed by atoms with Crippen LogP contribution >= 0.6 is 22.9 Å². The normalized spacial score (nSPS) is 16.1. The molecule has 5 heteroatoms. The number of thiophene rings is 1. The number of rotatable bonds is 3. The van der Waals surface area contributed by atoms with Gasteiger partial charge in [-0.25, -0.2) is 4.98 Å². The summed E-state index contributed by atoms with van der Waals surface area (Å²) < 4.78 is 5.87. The van der Waals surface area contributed by atoms with Crippen LogP contribution in [0, 0.1) is 0 Å². The molecule has 1 fully saturated rings. The van der Waals surface area contributed by atoms with Crippen molar-refractivity contribution in [3.63, 3.8) is 0 Å². The zero-order valence-corrected chi connectivity index (χ0v) is 11.1. The van der Waals surface area contributed by atoms with Crippen molar-refractivity contribution in [2.75, 3.05) is 0 Å². The Kier molecular flexibility index (Phi) is 2.92. The van der Waals surface area contributed by atoms with Crippen molar-refractivity contribution in [1.29, 1.82) is 0 Å². The van der Waals surface area contributed by atoms with Crippen LogP contribution in [0.25, 0.3) is 10.2 Å². The Bertz CT molecular complexity index is 551. The van der Waals surface area contributed by atoms with Gasteiger partial charge in [0.15, 0.2) is 0 Å². The lowest BCUT2D eigenvalue weighted by Crippen LogP contribution is -2.25. The number of halogens is 1. The first kappa shape index (κ1) is 11.2. The Hall–Kier alpha value is -0.870. The van der Waals surface area contributed by atoms with Crippen LogP contribution in [0.5, 0.6) is 5.88 Å². The van der Waals surface area contributed by atoms with E-state index in [9.17, 15) is 0 Å². The first-order valence-electron chi connectivity index (χ1n) is 5.89. The molecule has 0 aliphatic heterocycles. The summed E-state index contributed by atoms with van der Waals surface area (Å²) in [7, 11) is 0. The smallest absolute Gasteiger partial charge is 0.227 e. The first-order chi connectivity index (χ1) is 8.26. The average molecular weight is 269 g/mol. The second-order valence-corrected chi connectivity index (χ2v) is 5.71. The molecular weight excluding hydrogens is 256 g/mol. The highest BCUT2D eigenvalue weighted by molar-refractivity contribution is 7.18. The van der Waals surface area contributed by atoms with Crippen LogP contribution < -0.4 is 4.74 Å². The van der Waals surface area contributed by atoms with E-state index in [1.165, 1.54) is 11.3 Å². The molecule has 2 aromatic rings. The van der Waals surface area contributed by atoms with Gasteiger partial charge in [0.25, 0.3) is 0 Å². The van der Waals surface area contributed by atoms with Gasteiger partial charge in [-0.2, -0.15) is 4.98 Å². The zero-order chi connectivity index (χ0) is 11.8. The summed E-state index contributed by atoms with van der Waals surface area (Å²) in [5, 5.41) is 1.28. The van der Waals surface area contributed by atoms with Gasteiger partial charge in [-0.15, -0.1) is 11.3 Å². The van der Waals surface area contributed by atoms with Crippen LogP contribution in [0.15, 0.2) is 6.07 Å². The number of hydrogen-bond donors (Lipinski definition) is 0. The van der Waals surface area contributed by atoms with E-state index in [2.05, 4.69) is 23.0 Å². The Morgan fingerprint density at radius 3 is 2.94 bits per heavy atom. The molecule has 0 radical (unpaired) electrons. The molecule has 0 aromatic carbocycles. The molecule has 3 nitrogen and oxygen atoms in total. The molecule has 0 unspecified atom stereocenters. The van der Waals surface area contributed by atoms with E-state index < -0.39 is 0 Å². The summed E-state index contributed by atoms with van der Waals surface area (Å²) in [6.45, 7) is 2.13. The lowest BCUT2D eigenvalue weighted by Gasteiger charge is -2.25. The van der Waals surface area contributed by atoms with E-state index in [4.69, 9.17) is 16.3 Å². The fourth-order valence-corrected chi connectivity index (χ4v) is 3.00. The van der Waals surface area contributed by atoms with Crippen molar-refractivity contribution in [2.24, 2.45) is 0 Å². The first-order valence-corrected chi connectivity index (χ1v) is 7.08. The van der Waals surface area contributed by atoms with Gasteiger partial charge < -0.3 is 4.74 Å². The number of aryl methyl sites for hydroxylation is 1. The fraction of sp³-hybridized carbons (Fsp3) is 0.500. The number of aromatic nitrogens is 2. The number of ether oxygens (including phenoxy) is 1. The van der Waals surface area contributed by atoms with Gasteiger partial charge >= 0.3 is 0 Å². The molecular formula is C12H13ClN2OS. The van der Waals surface area contributed by atoms with E-state index in [0.717, 1.165) is 29.5 Å². The average Bonchev–Trinajstić information content (AvgIpc) is 2.65. The second-order valence-electron chi connectivity index (χ2n) is 4.25. The van der Waals surface area contributed by atoms with Gasteiger partial charge in [0.1, 0.15) is 10.9 Å². The maximum atomic E-state index is 5.93. The molecule has 1 aliphatic carbocycles. The van der Waals surface area contributed by atoms with Crippen LogP contribution in [0.1, 0.15) is 31.1 Å². The van der Waals surface area contributed by atoms with E-state index in [-0.39, 0.29) is 5.28 Å². The third kappa shape index (κ3) is 2.11. The third-order valence-electron chi connectivity index (χ3n) is 3.06. The highest BCUT2D eigenvalue weighted by Crippen LogP contribution is 2.34. The molecule has 0 N–H and O–H groups in total. The molecule has 1 aliphatic rings. The molecule has 0 amide bonds. The quantitative estimate of drug-likeness (QED) is 0.794. The number of hydrogen-bond acceptors (Lipinski definition) is 4. The van der Waals surface area contributed by atoms with Crippen molar-refractivity contribution < 1.29 is 4.74 Å². The Morgan fingerprint density at radius 2 is 2.29 bits per heavy atom.